The van der Waals surface area contributed by atoms with Gasteiger partial charge in [-0.1, -0.05) is 24.3 Å². The molecule has 0 saturated carbocycles. The van der Waals surface area contributed by atoms with Crippen LogP contribution in [0.2, 0.25) is 0 Å². The van der Waals surface area contributed by atoms with Gasteiger partial charge in [-0.2, -0.15) is 0 Å². The summed E-state index contributed by atoms with van der Waals surface area (Å²) in [6, 6.07) is 15.5. The van der Waals surface area contributed by atoms with E-state index in [2.05, 4.69) is 16.4 Å². The van der Waals surface area contributed by atoms with Gasteiger partial charge in [-0.3, -0.25) is 9.69 Å². The summed E-state index contributed by atoms with van der Waals surface area (Å²) in [4.78, 5) is 18.9. The zero-order chi connectivity index (χ0) is 17.6. The number of amides is 1. The van der Waals surface area contributed by atoms with Gasteiger partial charge in [-0.15, -0.1) is 11.3 Å². The molecule has 3 rings (SSSR count). The molecule has 0 saturated heterocycles. The first kappa shape index (κ1) is 17.4. The third-order valence-electron chi connectivity index (χ3n) is 3.62. The molecule has 0 aliphatic rings. The smallest absolute Gasteiger partial charge is 0.238 e. The van der Waals surface area contributed by atoms with Crippen LogP contribution in [-0.4, -0.2) is 36.0 Å². The lowest BCUT2D eigenvalue weighted by Crippen LogP contribution is -2.29. The van der Waals surface area contributed by atoms with Crippen LogP contribution in [0.3, 0.4) is 0 Å². The number of nitrogens with one attached hydrogen (secondary N) is 1. The third-order valence-corrected chi connectivity index (χ3v) is 4.64. The van der Waals surface area contributed by atoms with Crippen LogP contribution in [0, 0.1) is 0 Å². The van der Waals surface area contributed by atoms with E-state index in [0.717, 1.165) is 10.5 Å². The highest BCUT2D eigenvalue weighted by Crippen LogP contribution is 2.24. The number of rotatable bonds is 7. The minimum Gasteiger partial charge on any atom is -0.492 e. The molecule has 1 aromatic heterocycles. The van der Waals surface area contributed by atoms with E-state index in [4.69, 9.17) is 4.74 Å². The van der Waals surface area contributed by atoms with Crippen LogP contribution in [-0.2, 0) is 11.3 Å². The van der Waals surface area contributed by atoms with Crippen molar-refractivity contribution in [2.24, 2.45) is 0 Å². The summed E-state index contributed by atoms with van der Waals surface area (Å²) in [6.45, 7) is 3.41. The van der Waals surface area contributed by atoms with E-state index in [9.17, 15) is 4.79 Å². The van der Waals surface area contributed by atoms with Gasteiger partial charge in [0, 0.05) is 0 Å². The van der Waals surface area contributed by atoms with E-state index in [1.54, 1.807) is 11.3 Å². The van der Waals surface area contributed by atoms with Crippen molar-refractivity contribution in [3.8, 4) is 5.75 Å². The number of anilines is 1. The van der Waals surface area contributed by atoms with Gasteiger partial charge in [0.2, 0.25) is 5.91 Å². The Balaban J connectivity index is 1.59. The fourth-order valence-electron chi connectivity index (χ4n) is 2.56. The fraction of sp³-hybridized carbons (Fsp3) is 0.263. The largest absolute Gasteiger partial charge is 0.492 e. The number of thiazole rings is 1. The molecule has 25 heavy (non-hydrogen) atoms. The monoisotopic (exact) mass is 355 g/mol. The van der Waals surface area contributed by atoms with E-state index in [0.29, 0.717) is 24.6 Å². The Morgan fingerprint density at radius 3 is 2.76 bits per heavy atom. The Hall–Kier alpha value is -2.44. The molecule has 1 heterocycles. The molecule has 0 unspecified atom stereocenters. The van der Waals surface area contributed by atoms with E-state index in [1.165, 1.54) is 4.70 Å². The molecule has 0 aliphatic heterocycles. The van der Waals surface area contributed by atoms with Crippen molar-refractivity contribution < 1.29 is 9.53 Å². The maximum absolute atomic E-state index is 12.3. The minimum absolute atomic E-state index is 0.0734. The number of carbonyl (C=O) groups is 1. The Morgan fingerprint density at radius 2 is 1.96 bits per heavy atom. The molecule has 0 radical (unpaired) electrons. The zero-order valence-corrected chi connectivity index (χ0v) is 15.2. The van der Waals surface area contributed by atoms with Crippen molar-refractivity contribution in [1.29, 1.82) is 0 Å². The molecular formula is C19H21N3O2S. The van der Waals surface area contributed by atoms with Crippen LogP contribution in [0.4, 0.5) is 5.69 Å². The normalized spacial score (nSPS) is 11.0. The lowest BCUT2D eigenvalue weighted by atomic mass is 10.3. The Labute approximate surface area is 151 Å². The third kappa shape index (κ3) is 4.55. The molecule has 0 atom stereocenters. The fourth-order valence-corrected chi connectivity index (χ4v) is 3.61. The highest BCUT2D eigenvalue weighted by molar-refractivity contribution is 7.18. The average molecular weight is 355 g/mol. The number of fused-ring (bicyclic) bond motifs is 1. The predicted octanol–water partition coefficient (Wildman–Crippen LogP) is 3.77. The van der Waals surface area contributed by atoms with Gasteiger partial charge in [0.1, 0.15) is 10.8 Å². The van der Waals surface area contributed by atoms with E-state index >= 15 is 0 Å². The summed E-state index contributed by atoms with van der Waals surface area (Å²) in [5.41, 5.74) is 1.70. The number of hydrogen-bond acceptors (Lipinski definition) is 5. The number of hydrogen-bond donors (Lipinski definition) is 1. The topological polar surface area (TPSA) is 54.5 Å². The first-order chi connectivity index (χ1) is 12.2. The van der Waals surface area contributed by atoms with Crippen molar-refractivity contribution in [2.45, 2.75) is 13.5 Å². The molecule has 0 fully saturated rings. The molecule has 3 aromatic rings. The molecule has 5 nitrogen and oxygen atoms in total. The molecule has 130 valence electrons. The van der Waals surface area contributed by atoms with Crippen molar-refractivity contribution >= 4 is 33.1 Å². The standard InChI is InChI=1S/C19H21N3O2S/c1-3-24-16-10-6-4-8-14(16)20-18(23)12-22(2)13-19-21-15-9-5-7-11-17(15)25-19/h4-11H,3,12-13H2,1-2H3,(H,20,23). The van der Waals surface area contributed by atoms with Gasteiger partial charge in [0.05, 0.1) is 35.6 Å². The van der Waals surface area contributed by atoms with Crippen LogP contribution in [0.15, 0.2) is 48.5 Å². The maximum Gasteiger partial charge on any atom is 0.238 e. The van der Waals surface area contributed by atoms with Crippen LogP contribution < -0.4 is 10.1 Å². The lowest BCUT2D eigenvalue weighted by Gasteiger charge is -2.16. The van der Waals surface area contributed by atoms with Gasteiger partial charge in [-0.05, 0) is 38.2 Å². The second-order valence-corrected chi connectivity index (χ2v) is 6.84. The van der Waals surface area contributed by atoms with Crippen LogP contribution in [0.5, 0.6) is 5.75 Å². The van der Waals surface area contributed by atoms with E-state index < -0.39 is 0 Å². The number of likely N-dealkylation sites (N-methyl/N-ethyl adjacent to an activating group) is 1. The van der Waals surface area contributed by atoms with Crippen molar-refractivity contribution in [1.82, 2.24) is 9.88 Å². The SMILES string of the molecule is CCOc1ccccc1NC(=O)CN(C)Cc1nc2ccccc2s1. The lowest BCUT2D eigenvalue weighted by molar-refractivity contribution is -0.117. The average Bonchev–Trinajstić information content (AvgIpc) is 2.98. The summed E-state index contributed by atoms with van der Waals surface area (Å²) in [5, 5.41) is 3.92. The molecule has 6 heteroatoms. The summed E-state index contributed by atoms with van der Waals surface area (Å²) in [5.74, 6) is 0.614. The summed E-state index contributed by atoms with van der Waals surface area (Å²) in [7, 11) is 1.92. The van der Waals surface area contributed by atoms with Crippen molar-refractivity contribution in [3.05, 3.63) is 53.5 Å². The molecule has 0 aliphatic carbocycles. The van der Waals surface area contributed by atoms with Crippen LogP contribution in [0.1, 0.15) is 11.9 Å². The quantitative estimate of drug-likeness (QED) is 0.701. The van der Waals surface area contributed by atoms with Crippen molar-refractivity contribution in [3.63, 3.8) is 0 Å². The second kappa shape index (κ2) is 8.09. The highest BCUT2D eigenvalue weighted by Gasteiger charge is 2.12. The number of aromatic nitrogens is 1. The number of carbonyl (C=O) groups excluding carboxylic acids is 1. The molecule has 1 N–H and O–H groups in total. The van der Waals surface area contributed by atoms with Gasteiger partial charge >= 0.3 is 0 Å². The molecule has 1 amide bonds. The van der Waals surface area contributed by atoms with Crippen LogP contribution in [0.25, 0.3) is 10.2 Å². The number of ether oxygens (including phenoxy) is 1. The van der Waals surface area contributed by atoms with E-state index in [-0.39, 0.29) is 12.5 Å². The number of benzene rings is 2. The molecule has 2 aromatic carbocycles. The Kier molecular flexibility index (Phi) is 5.63. The Bertz CT molecular complexity index is 830. The molecular weight excluding hydrogens is 334 g/mol. The summed E-state index contributed by atoms with van der Waals surface area (Å²) < 4.78 is 6.70. The van der Waals surface area contributed by atoms with E-state index in [1.807, 2.05) is 61.3 Å². The number of para-hydroxylation sites is 3. The Morgan fingerprint density at radius 1 is 1.20 bits per heavy atom. The predicted molar refractivity (Wildman–Crippen MR) is 102 cm³/mol. The molecule has 0 spiro atoms. The van der Waals surface area contributed by atoms with Gasteiger partial charge < -0.3 is 10.1 Å². The van der Waals surface area contributed by atoms with Crippen molar-refractivity contribution in [2.75, 3.05) is 25.5 Å². The van der Waals surface area contributed by atoms with Gasteiger partial charge in [-0.25, -0.2) is 4.98 Å². The first-order valence-corrected chi connectivity index (χ1v) is 9.02. The second-order valence-electron chi connectivity index (χ2n) is 5.72. The van der Waals surface area contributed by atoms with Gasteiger partial charge in [0.25, 0.3) is 0 Å². The summed E-state index contributed by atoms with van der Waals surface area (Å²) >= 11 is 1.66. The van der Waals surface area contributed by atoms with Crippen LogP contribution >= 0.6 is 11.3 Å². The highest BCUT2D eigenvalue weighted by atomic mass is 32.1. The van der Waals surface area contributed by atoms with Gasteiger partial charge in [0.15, 0.2) is 0 Å². The minimum atomic E-state index is -0.0734. The molecule has 0 bridgehead atoms. The number of nitrogens with zero attached hydrogens (tertiary/aromatic N) is 2. The summed E-state index contributed by atoms with van der Waals surface area (Å²) in [6.07, 6.45) is 0. The maximum atomic E-state index is 12.3. The first-order valence-electron chi connectivity index (χ1n) is 8.20. The zero-order valence-electron chi connectivity index (χ0n) is 14.4.